The smallest absolute Gasteiger partial charge is 0.273 e. The Morgan fingerprint density at radius 2 is 2.05 bits per heavy atom. The van der Waals surface area contributed by atoms with Crippen LogP contribution >= 0.6 is 11.6 Å². The van der Waals surface area contributed by atoms with Crippen LogP contribution in [0.5, 0.6) is 0 Å². The molecule has 2 aromatic rings. The standard InChI is InChI=1S/C13H16ClN5O2/c1-10-6-12(11(14)7-13(10)19(20)21)15-4-2-3-5-18-8-16-17-9-18/h6-9,15H,2-5H2,1H3. The van der Waals surface area contributed by atoms with E-state index in [1.165, 1.54) is 6.07 Å². The van der Waals surface area contributed by atoms with Gasteiger partial charge >= 0.3 is 0 Å². The molecule has 8 heteroatoms. The van der Waals surface area contributed by atoms with Gasteiger partial charge in [0.2, 0.25) is 0 Å². The maximum Gasteiger partial charge on any atom is 0.273 e. The van der Waals surface area contributed by atoms with Gasteiger partial charge in [0.1, 0.15) is 12.7 Å². The van der Waals surface area contributed by atoms with Gasteiger partial charge in [0.15, 0.2) is 0 Å². The second-order valence-electron chi connectivity index (χ2n) is 4.71. The Morgan fingerprint density at radius 1 is 1.33 bits per heavy atom. The average Bonchev–Trinajstić information content (AvgIpc) is 2.94. The maximum absolute atomic E-state index is 10.8. The zero-order valence-corrected chi connectivity index (χ0v) is 12.4. The van der Waals surface area contributed by atoms with Gasteiger partial charge in [-0.1, -0.05) is 11.6 Å². The second kappa shape index (κ2) is 7.03. The van der Waals surface area contributed by atoms with Crippen LogP contribution in [0.2, 0.25) is 5.02 Å². The van der Waals surface area contributed by atoms with Crippen molar-refractivity contribution in [1.82, 2.24) is 14.8 Å². The molecule has 1 aromatic carbocycles. The SMILES string of the molecule is Cc1cc(NCCCCn2cnnc2)c(Cl)cc1[N+](=O)[O-]. The van der Waals surface area contributed by atoms with E-state index in [9.17, 15) is 10.1 Å². The van der Waals surface area contributed by atoms with E-state index >= 15 is 0 Å². The predicted octanol–water partition coefficient (Wildman–Crippen LogP) is 3.04. The summed E-state index contributed by atoms with van der Waals surface area (Å²) < 4.78 is 1.92. The lowest BCUT2D eigenvalue weighted by Crippen LogP contribution is -2.05. The summed E-state index contributed by atoms with van der Waals surface area (Å²) in [5.41, 5.74) is 1.36. The Hall–Kier alpha value is -2.15. The van der Waals surface area contributed by atoms with Crippen molar-refractivity contribution < 1.29 is 4.92 Å². The molecule has 0 unspecified atom stereocenters. The molecular weight excluding hydrogens is 294 g/mol. The first-order valence-electron chi connectivity index (χ1n) is 6.59. The van der Waals surface area contributed by atoms with Crippen LogP contribution in [-0.2, 0) is 6.54 Å². The first-order chi connectivity index (χ1) is 10.1. The fourth-order valence-electron chi connectivity index (χ4n) is 1.98. The van der Waals surface area contributed by atoms with E-state index in [-0.39, 0.29) is 5.69 Å². The minimum atomic E-state index is -0.426. The van der Waals surface area contributed by atoms with Gasteiger partial charge in [-0.25, -0.2) is 0 Å². The van der Waals surface area contributed by atoms with E-state index in [0.29, 0.717) is 10.6 Å². The Kier molecular flexibility index (Phi) is 5.10. The van der Waals surface area contributed by atoms with Crippen molar-refractivity contribution in [3.05, 3.63) is 45.5 Å². The Balaban J connectivity index is 1.83. The third-order valence-corrected chi connectivity index (χ3v) is 3.42. The summed E-state index contributed by atoms with van der Waals surface area (Å²) in [6.07, 6.45) is 5.30. The van der Waals surface area contributed by atoms with Crippen LogP contribution in [0.3, 0.4) is 0 Å². The number of unbranched alkanes of at least 4 members (excludes halogenated alkanes) is 1. The molecule has 0 fully saturated rings. The van der Waals surface area contributed by atoms with Crippen molar-refractivity contribution in [3.63, 3.8) is 0 Å². The molecule has 112 valence electrons. The lowest BCUT2D eigenvalue weighted by Gasteiger charge is -2.09. The number of nitrogens with one attached hydrogen (secondary N) is 1. The van der Waals surface area contributed by atoms with Gasteiger partial charge in [-0.05, 0) is 25.8 Å². The van der Waals surface area contributed by atoms with Crippen LogP contribution in [0.1, 0.15) is 18.4 Å². The highest BCUT2D eigenvalue weighted by molar-refractivity contribution is 6.33. The molecule has 1 heterocycles. The topological polar surface area (TPSA) is 85.9 Å². The van der Waals surface area contributed by atoms with Gasteiger partial charge in [-0.2, -0.15) is 0 Å². The van der Waals surface area contributed by atoms with E-state index in [0.717, 1.165) is 31.6 Å². The summed E-state index contributed by atoms with van der Waals surface area (Å²) in [5, 5.41) is 21.9. The highest BCUT2D eigenvalue weighted by atomic mass is 35.5. The molecule has 7 nitrogen and oxygen atoms in total. The van der Waals surface area contributed by atoms with Gasteiger partial charge in [0.05, 0.1) is 15.6 Å². The minimum absolute atomic E-state index is 0.0400. The summed E-state index contributed by atoms with van der Waals surface area (Å²) in [6, 6.07) is 3.09. The van der Waals surface area contributed by atoms with E-state index in [4.69, 9.17) is 11.6 Å². The van der Waals surface area contributed by atoms with Crippen LogP contribution < -0.4 is 5.32 Å². The number of halogens is 1. The summed E-state index contributed by atoms with van der Waals surface area (Å²) in [5.74, 6) is 0. The molecule has 2 rings (SSSR count). The zero-order valence-electron chi connectivity index (χ0n) is 11.6. The molecule has 1 aromatic heterocycles. The van der Waals surface area contributed by atoms with E-state index < -0.39 is 4.92 Å². The van der Waals surface area contributed by atoms with Crippen molar-refractivity contribution >= 4 is 23.0 Å². The van der Waals surface area contributed by atoms with Crippen molar-refractivity contribution in [2.45, 2.75) is 26.3 Å². The average molecular weight is 310 g/mol. The number of benzene rings is 1. The fraction of sp³-hybridized carbons (Fsp3) is 0.385. The van der Waals surface area contributed by atoms with Crippen LogP contribution in [0.15, 0.2) is 24.8 Å². The quantitative estimate of drug-likeness (QED) is 0.482. The van der Waals surface area contributed by atoms with Gasteiger partial charge < -0.3 is 9.88 Å². The second-order valence-corrected chi connectivity index (χ2v) is 5.12. The zero-order chi connectivity index (χ0) is 15.2. The first-order valence-corrected chi connectivity index (χ1v) is 6.96. The number of nitro groups is 1. The Bertz CT molecular complexity index is 615. The third-order valence-electron chi connectivity index (χ3n) is 3.11. The summed E-state index contributed by atoms with van der Waals surface area (Å²) in [6.45, 7) is 3.31. The molecule has 0 aliphatic carbocycles. The number of rotatable bonds is 7. The molecule has 1 N–H and O–H groups in total. The van der Waals surface area contributed by atoms with E-state index in [1.807, 2.05) is 4.57 Å². The molecule has 0 radical (unpaired) electrons. The number of nitro benzene ring substituents is 1. The van der Waals surface area contributed by atoms with E-state index in [1.54, 1.807) is 25.6 Å². The van der Waals surface area contributed by atoms with Gasteiger partial charge in [0.25, 0.3) is 5.69 Å². The lowest BCUT2D eigenvalue weighted by atomic mass is 10.1. The van der Waals surface area contributed by atoms with Crippen molar-refractivity contribution in [2.24, 2.45) is 0 Å². The van der Waals surface area contributed by atoms with E-state index in [2.05, 4.69) is 15.5 Å². The molecule has 21 heavy (non-hydrogen) atoms. The lowest BCUT2D eigenvalue weighted by molar-refractivity contribution is -0.385. The monoisotopic (exact) mass is 309 g/mol. The van der Waals surface area contributed by atoms with Crippen LogP contribution in [0.4, 0.5) is 11.4 Å². The summed E-state index contributed by atoms with van der Waals surface area (Å²) in [4.78, 5) is 10.4. The molecular formula is C13H16ClN5O2. The maximum atomic E-state index is 10.8. The molecule has 0 atom stereocenters. The largest absolute Gasteiger partial charge is 0.384 e. The number of nitrogens with zero attached hydrogens (tertiary/aromatic N) is 4. The number of aryl methyl sites for hydroxylation is 2. The highest BCUT2D eigenvalue weighted by Gasteiger charge is 2.13. The molecule has 0 aliphatic heterocycles. The Labute approximate surface area is 127 Å². The number of anilines is 1. The third kappa shape index (κ3) is 4.16. The molecule has 0 amide bonds. The van der Waals surface area contributed by atoms with Gasteiger partial charge in [-0.15, -0.1) is 10.2 Å². The summed E-state index contributed by atoms with van der Waals surface area (Å²) in [7, 11) is 0. The van der Waals surface area contributed by atoms with Crippen LogP contribution in [0, 0.1) is 17.0 Å². The fourth-order valence-corrected chi connectivity index (χ4v) is 2.21. The van der Waals surface area contributed by atoms with Crippen LogP contribution in [0.25, 0.3) is 0 Å². The molecule has 0 saturated carbocycles. The Morgan fingerprint density at radius 3 is 2.71 bits per heavy atom. The minimum Gasteiger partial charge on any atom is -0.384 e. The predicted molar refractivity (Wildman–Crippen MR) is 80.6 cm³/mol. The van der Waals surface area contributed by atoms with Crippen molar-refractivity contribution in [2.75, 3.05) is 11.9 Å². The van der Waals surface area contributed by atoms with Gasteiger partial charge in [0, 0.05) is 24.7 Å². The molecule has 0 saturated heterocycles. The van der Waals surface area contributed by atoms with Gasteiger partial charge in [-0.3, -0.25) is 10.1 Å². The first kappa shape index (κ1) is 15.2. The number of hydrogen-bond acceptors (Lipinski definition) is 5. The normalized spacial score (nSPS) is 10.6. The molecule has 0 bridgehead atoms. The number of aromatic nitrogens is 3. The molecule has 0 aliphatic rings. The van der Waals surface area contributed by atoms with Crippen molar-refractivity contribution in [1.29, 1.82) is 0 Å². The molecule has 0 spiro atoms. The highest BCUT2D eigenvalue weighted by Crippen LogP contribution is 2.30. The number of hydrogen-bond donors (Lipinski definition) is 1. The van der Waals surface area contributed by atoms with Crippen LogP contribution in [-0.4, -0.2) is 26.2 Å². The van der Waals surface area contributed by atoms with Crippen molar-refractivity contribution in [3.8, 4) is 0 Å². The summed E-state index contributed by atoms with van der Waals surface area (Å²) >= 11 is 6.05.